The lowest BCUT2D eigenvalue weighted by atomic mass is 9.84. The molecule has 0 radical (unpaired) electrons. The van der Waals surface area contributed by atoms with Crippen LogP contribution >= 0.6 is 11.3 Å². The van der Waals surface area contributed by atoms with E-state index in [4.69, 9.17) is 5.73 Å². The minimum atomic E-state index is 0.439. The van der Waals surface area contributed by atoms with Gasteiger partial charge in [0.2, 0.25) is 5.13 Å². The van der Waals surface area contributed by atoms with Gasteiger partial charge in [0.05, 0.1) is 6.54 Å². The molecule has 1 aromatic heterocycles. The van der Waals surface area contributed by atoms with Crippen LogP contribution in [0.3, 0.4) is 0 Å². The molecule has 1 aliphatic rings. The lowest BCUT2D eigenvalue weighted by Gasteiger charge is -2.37. The molecular weight excluding hydrogens is 208 g/mol. The van der Waals surface area contributed by atoms with Gasteiger partial charge in [-0.15, -0.1) is 10.2 Å². The average molecular weight is 226 g/mol. The number of nitrogens with two attached hydrogens (primary N) is 1. The van der Waals surface area contributed by atoms with Gasteiger partial charge in [-0.1, -0.05) is 25.2 Å². The number of hydrogen-bond acceptors (Lipinski definition) is 5. The summed E-state index contributed by atoms with van der Waals surface area (Å²) in [5.41, 5.74) is 6.00. The molecule has 2 rings (SSSR count). The monoisotopic (exact) mass is 226 g/mol. The SMILES string of the molecule is CC1(C)CCCN(Cc2nnc(N)s2)C1. The summed E-state index contributed by atoms with van der Waals surface area (Å²) in [5, 5.41) is 9.50. The predicted octanol–water partition coefficient (Wildman–Crippen LogP) is 1.74. The molecule has 4 nitrogen and oxygen atoms in total. The Balaban J connectivity index is 1.95. The van der Waals surface area contributed by atoms with Crippen molar-refractivity contribution in [1.82, 2.24) is 15.1 Å². The maximum absolute atomic E-state index is 5.56. The van der Waals surface area contributed by atoms with E-state index in [9.17, 15) is 0 Å². The minimum absolute atomic E-state index is 0.439. The van der Waals surface area contributed by atoms with Crippen LogP contribution in [0.2, 0.25) is 0 Å². The van der Waals surface area contributed by atoms with E-state index >= 15 is 0 Å². The van der Waals surface area contributed by atoms with Crippen molar-refractivity contribution in [3.05, 3.63) is 5.01 Å². The molecule has 0 aromatic carbocycles. The lowest BCUT2D eigenvalue weighted by molar-refractivity contribution is 0.111. The number of piperidine rings is 1. The highest BCUT2D eigenvalue weighted by Crippen LogP contribution is 2.29. The number of nitrogens with zero attached hydrogens (tertiary/aromatic N) is 3. The zero-order valence-corrected chi connectivity index (χ0v) is 10.2. The molecule has 5 heteroatoms. The molecule has 0 unspecified atom stereocenters. The summed E-state index contributed by atoms with van der Waals surface area (Å²) < 4.78 is 0. The summed E-state index contributed by atoms with van der Waals surface area (Å²) in [6, 6.07) is 0. The van der Waals surface area contributed by atoms with Crippen LogP contribution in [0.4, 0.5) is 5.13 Å². The zero-order chi connectivity index (χ0) is 10.9. The highest BCUT2D eigenvalue weighted by atomic mass is 32.1. The van der Waals surface area contributed by atoms with Gasteiger partial charge >= 0.3 is 0 Å². The molecule has 1 fully saturated rings. The molecule has 1 aliphatic heterocycles. The fourth-order valence-electron chi connectivity index (χ4n) is 2.20. The fraction of sp³-hybridized carbons (Fsp3) is 0.800. The van der Waals surface area contributed by atoms with E-state index in [1.807, 2.05) is 0 Å². The highest BCUT2D eigenvalue weighted by Gasteiger charge is 2.26. The largest absolute Gasteiger partial charge is 0.374 e. The number of aromatic nitrogens is 2. The molecule has 0 bridgehead atoms. The molecule has 1 aromatic rings. The van der Waals surface area contributed by atoms with E-state index in [1.165, 1.54) is 30.7 Å². The molecular formula is C10H18N4S. The first-order valence-electron chi connectivity index (χ1n) is 5.35. The second-order valence-electron chi connectivity index (χ2n) is 5.01. The molecule has 1 saturated heterocycles. The van der Waals surface area contributed by atoms with Crippen LogP contribution in [0.1, 0.15) is 31.7 Å². The summed E-state index contributed by atoms with van der Waals surface area (Å²) in [7, 11) is 0. The summed E-state index contributed by atoms with van der Waals surface area (Å²) in [4.78, 5) is 2.45. The van der Waals surface area contributed by atoms with Crippen LogP contribution < -0.4 is 5.73 Å². The van der Waals surface area contributed by atoms with Crippen molar-refractivity contribution in [2.75, 3.05) is 18.8 Å². The van der Waals surface area contributed by atoms with E-state index in [-0.39, 0.29) is 0 Å². The van der Waals surface area contributed by atoms with Crippen molar-refractivity contribution in [1.29, 1.82) is 0 Å². The van der Waals surface area contributed by atoms with Crippen LogP contribution in [-0.4, -0.2) is 28.2 Å². The molecule has 2 N–H and O–H groups in total. The highest BCUT2D eigenvalue weighted by molar-refractivity contribution is 7.15. The summed E-state index contributed by atoms with van der Waals surface area (Å²) >= 11 is 1.50. The second kappa shape index (κ2) is 4.06. The Labute approximate surface area is 94.5 Å². The standard InChI is InChI=1S/C10H18N4S/c1-10(2)4-3-5-14(7-10)6-8-12-13-9(11)15-8/h3-7H2,1-2H3,(H2,11,13). The van der Waals surface area contributed by atoms with Crippen LogP contribution in [-0.2, 0) is 6.54 Å². The smallest absolute Gasteiger partial charge is 0.203 e. The van der Waals surface area contributed by atoms with Gasteiger partial charge in [0.15, 0.2) is 0 Å². The molecule has 0 atom stereocenters. The number of anilines is 1. The molecule has 0 aliphatic carbocycles. The maximum Gasteiger partial charge on any atom is 0.203 e. The van der Waals surface area contributed by atoms with Gasteiger partial charge in [-0.25, -0.2) is 0 Å². The second-order valence-corrected chi connectivity index (χ2v) is 6.11. The van der Waals surface area contributed by atoms with Gasteiger partial charge in [0.1, 0.15) is 5.01 Å². The number of likely N-dealkylation sites (tertiary alicyclic amines) is 1. The van der Waals surface area contributed by atoms with Crippen LogP contribution in [0.5, 0.6) is 0 Å². The lowest BCUT2D eigenvalue weighted by Crippen LogP contribution is -2.39. The van der Waals surface area contributed by atoms with Crippen molar-refractivity contribution < 1.29 is 0 Å². The van der Waals surface area contributed by atoms with Crippen molar-refractivity contribution >= 4 is 16.5 Å². The van der Waals surface area contributed by atoms with Gasteiger partial charge in [-0.3, -0.25) is 4.90 Å². The van der Waals surface area contributed by atoms with Crippen LogP contribution in [0.15, 0.2) is 0 Å². The fourth-order valence-corrected chi connectivity index (χ4v) is 2.85. The quantitative estimate of drug-likeness (QED) is 0.834. The van der Waals surface area contributed by atoms with Gasteiger partial charge in [0, 0.05) is 6.54 Å². The predicted molar refractivity (Wildman–Crippen MR) is 62.6 cm³/mol. The first kappa shape index (κ1) is 10.8. The molecule has 0 spiro atoms. The Morgan fingerprint density at radius 1 is 1.47 bits per heavy atom. The summed E-state index contributed by atoms with van der Waals surface area (Å²) in [5.74, 6) is 0. The van der Waals surface area contributed by atoms with Gasteiger partial charge in [-0.05, 0) is 24.8 Å². The normalized spacial score (nSPS) is 21.7. The van der Waals surface area contributed by atoms with Crippen molar-refractivity contribution in [2.45, 2.75) is 33.2 Å². The summed E-state index contributed by atoms with van der Waals surface area (Å²) in [6.45, 7) is 7.87. The van der Waals surface area contributed by atoms with Crippen molar-refractivity contribution in [3.63, 3.8) is 0 Å². The first-order chi connectivity index (χ1) is 7.05. The Hall–Kier alpha value is -0.680. The van der Waals surface area contributed by atoms with Crippen molar-refractivity contribution in [3.8, 4) is 0 Å². The van der Waals surface area contributed by atoms with Crippen LogP contribution in [0, 0.1) is 5.41 Å². The number of nitrogen functional groups attached to an aromatic ring is 1. The average Bonchev–Trinajstić information content (AvgIpc) is 2.49. The Kier molecular flexibility index (Phi) is 2.93. The molecule has 2 heterocycles. The maximum atomic E-state index is 5.56. The first-order valence-corrected chi connectivity index (χ1v) is 6.17. The third-order valence-electron chi connectivity index (χ3n) is 2.82. The number of rotatable bonds is 2. The third-order valence-corrected chi connectivity index (χ3v) is 3.56. The van der Waals surface area contributed by atoms with Crippen LogP contribution in [0.25, 0.3) is 0 Å². The van der Waals surface area contributed by atoms with E-state index in [0.29, 0.717) is 10.5 Å². The van der Waals surface area contributed by atoms with Gasteiger partial charge in [0.25, 0.3) is 0 Å². The van der Waals surface area contributed by atoms with Gasteiger partial charge in [-0.2, -0.15) is 0 Å². The third kappa shape index (κ3) is 2.89. The van der Waals surface area contributed by atoms with Crippen molar-refractivity contribution in [2.24, 2.45) is 5.41 Å². The van der Waals surface area contributed by atoms with E-state index in [1.54, 1.807) is 0 Å². The molecule has 15 heavy (non-hydrogen) atoms. The number of hydrogen-bond donors (Lipinski definition) is 1. The Morgan fingerprint density at radius 2 is 2.27 bits per heavy atom. The molecule has 0 amide bonds. The molecule has 84 valence electrons. The molecule has 0 saturated carbocycles. The van der Waals surface area contributed by atoms with E-state index in [0.717, 1.165) is 18.1 Å². The van der Waals surface area contributed by atoms with E-state index in [2.05, 4.69) is 28.9 Å². The summed E-state index contributed by atoms with van der Waals surface area (Å²) in [6.07, 6.45) is 2.60. The van der Waals surface area contributed by atoms with E-state index < -0.39 is 0 Å². The minimum Gasteiger partial charge on any atom is -0.374 e. The Morgan fingerprint density at radius 3 is 2.87 bits per heavy atom. The zero-order valence-electron chi connectivity index (χ0n) is 9.36. The Bertz CT molecular complexity index is 334. The topological polar surface area (TPSA) is 55.0 Å². The van der Waals surface area contributed by atoms with Gasteiger partial charge < -0.3 is 5.73 Å².